The van der Waals surface area contributed by atoms with Crippen molar-refractivity contribution in [3.8, 4) is 0 Å². The Morgan fingerprint density at radius 2 is 2.14 bits per heavy atom. The third kappa shape index (κ3) is 2.95. The van der Waals surface area contributed by atoms with E-state index in [2.05, 4.69) is 16.0 Å². The van der Waals surface area contributed by atoms with Gasteiger partial charge in [-0.25, -0.2) is 0 Å². The van der Waals surface area contributed by atoms with Crippen molar-refractivity contribution in [2.45, 2.75) is 44.2 Å². The normalized spacial score (nSPS) is 35.0. The third-order valence-corrected chi connectivity index (χ3v) is 5.37. The van der Waals surface area contributed by atoms with Gasteiger partial charge in [-0.2, -0.15) is 0 Å². The van der Waals surface area contributed by atoms with Crippen molar-refractivity contribution in [3.05, 3.63) is 0 Å². The van der Waals surface area contributed by atoms with Crippen LogP contribution in [0.3, 0.4) is 0 Å². The van der Waals surface area contributed by atoms with Gasteiger partial charge in [0.1, 0.15) is 6.04 Å². The number of fused-ring (bicyclic) bond motifs is 1. The third-order valence-electron chi connectivity index (χ3n) is 5.37. The van der Waals surface area contributed by atoms with Crippen LogP contribution in [0.25, 0.3) is 0 Å². The molecule has 0 bridgehead atoms. The second-order valence-electron chi connectivity index (χ2n) is 6.72. The fourth-order valence-electron chi connectivity index (χ4n) is 4.14. The van der Waals surface area contributed by atoms with Gasteiger partial charge in [0.15, 0.2) is 0 Å². The topological polar surface area (TPSA) is 113 Å². The molecule has 7 heteroatoms. The largest absolute Gasteiger partial charge is 0.368 e. The van der Waals surface area contributed by atoms with Crippen LogP contribution in [0, 0.1) is 17.8 Å². The summed E-state index contributed by atoms with van der Waals surface area (Å²) in [6.45, 7) is 1.49. The summed E-state index contributed by atoms with van der Waals surface area (Å²) >= 11 is 0. The first kappa shape index (κ1) is 15.3. The van der Waals surface area contributed by atoms with Crippen LogP contribution >= 0.6 is 0 Å². The van der Waals surface area contributed by atoms with E-state index >= 15 is 0 Å². The average molecular weight is 308 g/mol. The molecule has 2 heterocycles. The first-order chi connectivity index (χ1) is 10.6. The number of hydrogen-bond donors (Lipinski definition) is 4. The molecule has 0 unspecified atom stereocenters. The van der Waals surface area contributed by atoms with Crippen molar-refractivity contribution in [2.24, 2.45) is 23.5 Å². The highest BCUT2D eigenvalue weighted by Crippen LogP contribution is 2.37. The van der Waals surface area contributed by atoms with Gasteiger partial charge in [-0.3, -0.25) is 14.4 Å². The maximum Gasteiger partial charge on any atom is 0.240 e. The quantitative estimate of drug-likeness (QED) is 0.515. The summed E-state index contributed by atoms with van der Waals surface area (Å²) in [5, 5.41) is 8.76. The molecular formula is C15H24N4O3. The molecule has 2 saturated heterocycles. The predicted molar refractivity (Wildman–Crippen MR) is 79.5 cm³/mol. The van der Waals surface area contributed by atoms with Crippen molar-refractivity contribution in [1.82, 2.24) is 16.0 Å². The maximum atomic E-state index is 12.5. The van der Waals surface area contributed by atoms with Crippen LogP contribution in [0.15, 0.2) is 0 Å². The molecule has 3 fully saturated rings. The summed E-state index contributed by atoms with van der Waals surface area (Å²) in [4.78, 5) is 35.7. The zero-order valence-electron chi connectivity index (χ0n) is 12.6. The molecule has 0 spiro atoms. The SMILES string of the molecule is NC(=O)[C@H](C[C@@H]1CCNC1=O)NC(=O)[C@H]1NC[C@@H]2CCC[C@@H]21. The number of carbonyl (C=O) groups is 3. The van der Waals surface area contributed by atoms with Crippen molar-refractivity contribution >= 4 is 17.7 Å². The van der Waals surface area contributed by atoms with Crippen molar-refractivity contribution < 1.29 is 14.4 Å². The number of amides is 3. The Hall–Kier alpha value is -1.63. The first-order valence-electron chi connectivity index (χ1n) is 8.17. The van der Waals surface area contributed by atoms with E-state index in [1.807, 2.05) is 0 Å². The molecule has 0 aromatic carbocycles. The van der Waals surface area contributed by atoms with Crippen LogP contribution in [0.1, 0.15) is 32.1 Å². The Kier molecular flexibility index (Phi) is 4.33. The van der Waals surface area contributed by atoms with Gasteiger partial charge in [0.2, 0.25) is 17.7 Å². The smallest absolute Gasteiger partial charge is 0.240 e. The van der Waals surface area contributed by atoms with Gasteiger partial charge in [-0.05, 0) is 44.1 Å². The molecule has 3 rings (SSSR count). The average Bonchev–Trinajstić information content (AvgIpc) is 3.14. The highest BCUT2D eigenvalue weighted by atomic mass is 16.2. The summed E-state index contributed by atoms with van der Waals surface area (Å²) in [6, 6.07) is -1.00. The van der Waals surface area contributed by atoms with E-state index in [1.165, 1.54) is 12.8 Å². The van der Waals surface area contributed by atoms with Crippen LogP contribution < -0.4 is 21.7 Å². The molecule has 2 aliphatic heterocycles. The summed E-state index contributed by atoms with van der Waals surface area (Å²) in [7, 11) is 0. The Labute approximate surface area is 129 Å². The second-order valence-corrected chi connectivity index (χ2v) is 6.72. The number of hydrogen-bond acceptors (Lipinski definition) is 4. The minimum absolute atomic E-state index is 0.0599. The molecule has 122 valence electrons. The van der Waals surface area contributed by atoms with Crippen LogP contribution in [0.5, 0.6) is 0 Å². The maximum absolute atomic E-state index is 12.5. The van der Waals surface area contributed by atoms with Crippen LogP contribution in [-0.4, -0.2) is 42.9 Å². The van der Waals surface area contributed by atoms with Gasteiger partial charge in [-0.1, -0.05) is 6.42 Å². The molecule has 5 atom stereocenters. The molecule has 0 aromatic rings. The van der Waals surface area contributed by atoms with Crippen LogP contribution in [0.2, 0.25) is 0 Å². The predicted octanol–water partition coefficient (Wildman–Crippen LogP) is -1.13. The van der Waals surface area contributed by atoms with Gasteiger partial charge in [0.05, 0.1) is 6.04 Å². The summed E-state index contributed by atoms with van der Waals surface area (Å²) < 4.78 is 0. The Morgan fingerprint density at radius 1 is 1.32 bits per heavy atom. The lowest BCUT2D eigenvalue weighted by Crippen LogP contribution is -2.52. The second kappa shape index (κ2) is 6.24. The molecule has 5 N–H and O–H groups in total. The number of nitrogens with two attached hydrogens (primary N) is 1. The van der Waals surface area contributed by atoms with E-state index in [1.54, 1.807) is 0 Å². The lowest BCUT2D eigenvalue weighted by molar-refractivity contribution is -0.130. The van der Waals surface area contributed by atoms with E-state index in [9.17, 15) is 14.4 Å². The Bertz CT molecular complexity index is 481. The van der Waals surface area contributed by atoms with E-state index < -0.39 is 11.9 Å². The summed E-state index contributed by atoms with van der Waals surface area (Å²) in [5.74, 6) is -0.0961. The van der Waals surface area contributed by atoms with Crippen LogP contribution in [0.4, 0.5) is 0 Å². The number of rotatable bonds is 5. The van der Waals surface area contributed by atoms with Crippen molar-refractivity contribution in [2.75, 3.05) is 13.1 Å². The number of primary amides is 1. The highest BCUT2D eigenvalue weighted by molar-refractivity contribution is 5.90. The van der Waals surface area contributed by atoms with E-state index in [4.69, 9.17) is 5.73 Å². The molecule has 0 radical (unpaired) electrons. The standard InChI is InChI=1S/C15H24N4O3/c16-13(20)11(6-8-4-5-17-14(8)21)19-15(22)12-10-3-1-2-9(10)7-18-12/h8-12,18H,1-7H2,(H2,16,20)(H,17,21)(H,19,22)/t8-,9-,10-,11-,12-/m0/s1. The zero-order valence-corrected chi connectivity index (χ0v) is 12.6. The molecular weight excluding hydrogens is 284 g/mol. The van der Waals surface area contributed by atoms with Crippen LogP contribution in [-0.2, 0) is 14.4 Å². The van der Waals surface area contributed by atoms with Gasteiger partial charge < -0.3 is 21.7 Å². The van der Waals surface area contributed by atoms with E-state index in [0.29, 0.717) is 24.8 Å². The monoisotopic (exact) mass is 308 g/mol. The van der Waals surface area contributed by atoms with E-state index in [0.717, 1.165) is 13.0 Å². The fraction of sp³-hybridized carbons (Fsp3) is 0.800. The van der Waals surface area contributed by atoms with Crippen molar-refractivity contribution in [1.29, 1.82) is 0 Å². The number of nitrogens with one attached hydrogen (secondary N) is 3. The van der Waals surface area contributed by atoms with E-state index in [-0.39, 0.29) is 30.2 Å². The molecule has 1 saturated carbocycles. The molecule has 3 aliphatic rings. The molecule has 0 aromatic heterocycles. The molecule has 3 amide bonds. The minimum atomic E-state index is -0.774. The lowest BCUT2D eigenvalue weighted by atomic mass is 9.92. The summed E-state index contributed by atoms with van der Waals surface area (Å²) in [6.07, 6.45) is 4.37. The van der Waals surface area contributed by atoms with Gasteiger partial charge in [0, 0.05) is 12.5 Å². The first-order valence-corrected chi connectivity index (χ1v) is 8.17. The van der Waals surface area contributed by atoms with Gasteiger partial charge >= 0.3 is 0 Å². The minimum Gasteiger partial charge on any atom is -0.368 e. The van der Waals surface area contributed by atoms with Gasteiger partial charge in [0.25, 0.3) is 0 Å². The van der Waals surface area contributed by atoms with Crippen molar-refractivity contribution in [3.63, 3.8) is 0 Å². The van der Waals surface area contributed by atoms with Gasteiger partial charge in [-0.15, -0.1) is 0 Å². The number of carbonyl (C=O) groups excluding carboxylic acids is 3. The molecule has 1 aliphatic carbocycles. The summed E-state index contributed by atoms with van der Waals surface area (Å²) in [5.41, 5.74) is 5.41. The zero-order chi connectivity index (χ0) is 15.7. The Morgan fingerprint density at radius 3 is 2.82 bits per heavy atom. The Balaban J connectivity index is 1.59. The molecule has 7 nitrogen and oxygen atoms in total. The fourth-order valence-corrected chi connectivity index (χ4v) is 4.14. The molecule has 22 heavy (non-hydrogen) atoms. The lowest BCUT2D eigenvalue weighted by Gasteiger charge is -2.22. The highest BCUT2D eigenvalue weighted by Gasteiger charge is 2.43.